The van der Waals surface area contributed by atoms with Crippen LogP contribution in [0.5, 0.6) is 0 Å². The number of ether oxygens (including phenoxy) is 5. The van der Waals surface area contributed by atoms with E-state index in [4.69, 9.17) is 23.7 Å². The summed E-state index contributed by atoms with van der Waals surface area (Å²) in [6.07, 6.45) is 30.5. The van der Waals surface area contributed by atoms with Crippen molar-refractivity contribution in [3.05, 3.63) is 0 Å². The lowest BCUT2D eigenvalue weighted by Gasteiger charge is -2.27. The number of esters is 3. The van der Waals surface area contributed by atoms with Gasteiger partial charge in [-0.2, -0.15) is 11.8 Å². The van der Waals surface area contributed by atoms with E-state index in [9.17, 15) is 24.0 Å². The van der Waals surface area contributed by atoms with E-state index in [2.05, 4.69) is 24.5 Å². The fourth-order valence-electron chi connectivity index (χ4n) is 7.06. The Labute approximate surface area is 395 Å². The summed E-state index contributed by atoms with van der Waals surface area (Å²) in [6, 6.07) is -2.26. The van der Waals surface area contributed by atoms with E-state index in [0.29, 0.717) is 6.42 Å². The normalized spacial score (nSPS) is 13.1. The summed E-state index contributed by atoms with van der Waals surface area (Å²) in [5.41, 5.74) is -1.41. The lowest BCUT2D eigenvalue weighted by Crippen LogP contribution is -2.55. The molecule has 0 aromatic rings. The van der Waals surface area contributed by atoms with E-state index in [1.54, 1.807) is 20.8 Å². The van der Waals surface area contributed by atoms with Crippen molar-refractivity contribution >= 4 is 41.7 Å². The molecular formula is C51H96N2O10S. The van der Waals surface area contributed by atoms with Gasteiger partial charge in [-0.3, -0.25) is 14.4 Å². The summed E-state index contributed by atoms with van der Waals surface area (Å²) < 4.78 is 27.6. The summed E-state index contributed by atoms with van der Waals surface area (Å²) >= 11 is 1.25. The van der Waals surface area contributed by atoms with Crippen LogP contribution in [0, 0.1) is 0 Å². The van der Waals surface area contributed by atoms with E-state index < -0.39 is 47.4 Å². The number of methoxy groups -OCH3 is 1. The molecule has 0 saturated carbocycles. The standard InChI is InChI=1S/C51H96N2O10S/c1-10-12-14-16-18-20-22-24-26-28-30-32-34-36-45(54)60-38-42(62-46(55)37-35-33-31-29-27-25-23-21-19-17-15-13-11-2)40-64-41-44(53-49(58)63-51(6,7)8)47(56)52-43(48(57)59-9)39-61-50(3,4)5/h42-44H,10-41H2,1-9H3,(H,52,56)(H,53,58)/t42-,43-,44-/m0/s1. The van der Waals surface area contributed by atoms with E-state index >= 15 is 0 Å². The van der Waals surface area contributed by atoms with Gasteiger partial charge in [0, 0.05) is 24.3 Å². The molecule has 64 heavy (non-hydrogen) atoms. The Balaban J connectivity index is 5.30. The maximum absolute atomic E-state index is 13.6. The van der Waals surface area contributed by atoms with Crippen molar-refractivity contribution in [3.8, 4) is 0 Å². The van der Waals surface area contributed by atoms with E-state index in [1.165, 1.54) is 141 Å². The average Bonchev–Trinajstić information content (AvgIpc) is 3.22. The first-order valence-corrected chi connectivity index (χ1v) is 26.6. The number of nitrogens with one attached hydrogen (secondary N) is 2. The van der Waals surface area contributed by atoms with Crippen LogP contribution in [0.4, 0.5) is 4.79 Å². The number of hydrogen-bond donors (Lipinski definition) is 2. The highest BCUT2D eigenvalue weighted by Gasteiger charge is 2.31. The molecule has 3 atom stereocenters. The Kier molecular flexibility index (Phi) is 38.0. The molecule has 0 heterocycles. The maximum atomic E-state index is 13.6. The topological polar surface area (TPSA) is 156 Å². The highest BCUT2D eigenvalue weighted by molar-refractivity contribution is 7.99. The van der Waals surface area contributed by atoms with Crippen LogP contribution in [-0.2, 0) is 42.9 Å². The summed E-state index contributed by atoms with van der Waals surface area (Å²) in [4.78, 5) is 65.0. The highest BCUT2D eigenvalue weighted by atomic mass is 32.2. The smallest absolute Gasteiger partial charge is 0.408 e. The third-order valence-electron chi connectivity index (χ3n) is 10.8. The van der Waals surface area contributed by atoms with Crippen molar-refractivity contribution in [3.63, 3.8) is 0 Å². The molecule has 0 saturated heterocycles. The first kappa shape index (κ1) is 61.5. The zero-order chi connectivity index (χ0) is 47.9. The molecule has 376 valence electrons. The molecule has 0 unspecified atom stereocenters. The van der Waals surface area contributed by atoms with Crippen LogP contribution in [-0.4, -0.2) is 91.1 Å². The molecule has 12 nitrogen and oxygen atoms in total. The van der Waals surface area contributed by atoms with Crippen molar-refractivity contribution in [1.82, 2.24) is 10.6 Å². The van der Waals surface area contributed by atoms with E-state index in [1.807, 2.05) is 20.8 Å². The molecule has 2 amide bonds. The molecule has 0 bridgehead atoms. The Morgan fingerprint density at radius 1 is 0.500 bits per heavy atom. The van der Waals surface area contributed by atoms with Gasteiger partial charge in [0.2, 0.25) is 5.91 Å². The third kappa shape index (κ3) is 39.8. The SMILES string of the molecule is CCCCCCCCCCCCCCCC(=O)OC[C@@H](CSC[C@H](NC(=O)OC(C)(C)C)C(=O)N[C@@H](COC(C)(C)C)C(=O)OC)OC(=O)CCCCCCCCCCCCCCC. The highest BCUT2D eigenvalue weighted by Crippen LogP contribution is 2.17. The minimum Gasteiger partial charge on any atom is -0.467 e. The first-order chi connectivity index (χ1) is 30.5. The van der Waals surface area contributed by atoms with Gasteiger partial charge in [-0.05, 0) is 54.4 Å². The van der Waals surface area contributed by atoms with Crippen LogP contribution in [0.3, 0.4) is 0 Å². The minimum absolute atomic E-state index is 0.0406. The van der Waals surface area contributed by atoms with Crippen LogP contribution in [0.15, 0.2) is 0 Å². The van der Waals surface area contributed by atoms with Crippen LogP contribution in [0.25, 0.3) is 0 Å². The van der Waals surface area contributed by atoms with Crippen molar-refractivity contribution in [2.45, 2.75) is 265 Å². The molecule has 0 spiro atoms. The molecule has 0 aromatic carbocycles. The van der Waals surface area contributed by atoms with Crippen molar-refractivity contribution in [2.75, 3.05) is 31.8 Å². The Hall–Kier alpha value is -2.54. The molecule has 13 heteroatoms. The van der Waals surface area contributed by atoms with E-state index in [0.717, 1.165) is 44.9 Å². The molecule has 0 aliphatic heterocycles. The molecule has 2 N–H and O–H groups in total. The molecule has 0 radical (unpaired) electrons. The lowest BCUT2D eigenvalue weighted by molar-refractivity contribution is -0.157. The predicted octanol–water partition coefficient (Wildman–Crippen LogP) is 12.5. The van der Waals surface area contributed by atoms with Gasteiger partial charge in [-0.15, -0.1) is 0 Å². The number of alkyl carbamates (subject to hydrolysis) is 1. The van der Waals surface area contributed by atoms with Crippen LogP contribution in [0.1, 0.15) is 235 Å². The number of amides is 2. The fourth-order valence-corrected chi connectivity index (χ4v) is 8.09. The average molecular weight is 929 g/mol. The van der Waals surface area contributed by atoms with Crippen LogP contribution < -0.4 is 10.6 Å². The maximum Gasteiger partial charge on any atom is 0.408 e. The number of hydrogen-bond acceptors (Lipinski definition) is 11. The second-order valence-electron chi connectivity index (χ2n) is 19.5. The van der Waals surface area contributed by atoms with Gasteiger partial charge in [0.25, 0.3) is 0 Å². The van der Waals surface area contributed by atoms with E-state index in [-0.39, 0.29) is 43.1 Å². The summed E-state index contributed by atoms with van der Waals surface area (Å²) in [7, 11) is 1.22. The minimum atomic E-state index is -1.14. The monoisotopic (exact) mass is 929 g/mol. The van der Waals surface area contributed by atoms with Gasteiger partial charge in [0.05, 0.1) is 19.3 Å². The predicted molar refractivity (Wildman–Crippen MR) is 262 cm³/mol. The molecule has 0 aliphatic carbocycles. The quantitative estimate of drug-likeness (QED) is 0.0342. The summed E-state index contributed by atoms with van der Waals surface area (Å²) in [5, 5.41) is 5.27. The van der Waals surface area contributed by atoms with Gasteiger partial charge >= 0.3 is 24.0 Å². The second-order valence-corrected chi connectivity index (χ2v) is 20.6. The second kappa shape index (κ2) is 39.6. The summed E-state index contributed by atoms with van der Waals surface area (Å²) in [5.74, 6) is -1.80. The molecule has 0 aromatic heterocycles. The van der Waals surface area contributed by atoms with Crippen LogP contribution in [0.2, 0.25) is 0 Å². The molecular weight excluding hydrogens is 833 g/mol. The number of rotatable bonds is 41. The van der Waals surface area contributed by atoms with Crippen LogP contribution >= 0.6 is 11.8 Å². The number of carbonyl (C=O) groups excluding carboxylic acids is 5. The summed E-state index contributed by atoms with van der Waals surface area (Å²) in [6.45, 7) is 14.9. The Morgan fingerprint density at radius 3 is 1.33 bits per heavy atom. The lowest BCUT2D eigenvalue weighted by atomic mass is 10.0. The van der Waals surface area contributed by atoms with Gasteiger partial charge < -0.3 is 34.3 Å². The number of unbranched alkanes of at least 4 members (excludes halogenated alkanes) is 24. The molecule has 0 aliphatic rings. The molecule has 0 rings (SSSR count). The van der Waals surface area contributed by atoms with Gasteiger partial charge in [0.1, 0.15) is 24.4 Å². The third-order valence-corrected chi connectivity index (χ3v) is 12.0. The largest absolute Gasteiger partial charge is 0.467 e. The van der Waals surface area contributed by atoms with Crippen molar-refractivity contribution in [1.29, 1.82) is 0 Å². The van der Waals surface area contributed by atoms with Crippen molar-refractivity contribution in [2.24, 2.45) is 0 Å². The zero-order valence-corrected chi connectivity index (χ0v) is 43.2. The fraction of sp³-hybridized carbons (Fsp3) is 0.902. The van der Waals surface area contributed by atoms with Gasteiger partial charge in [0.15, 0.2) is 6.04 Å². The Morgan fingerprint density at radius 2 is 0.922 bits per heavy atom. The van der Waals surface area contributed by atoms with Gasteiger partial charge in [-0.25, -0.2) is 9.59 Å². The zero-order valence-electron chi connectivity index (χ0n) is 42.4. The molecule has 0 fully saturated rings. The van der Waals surface area contributed by atoms with Gasteiger partial charge in [-0.1, -0.05) is 168 Å². The van der Waals surface area contributed by atoms with Crippen molar-refractivity contribution < 1.29 is 47.7 Å². The Bertz CT molecular complexity index is 1200. The first-order valence-electron chi connectivity index (χ1n) is 25.5. The number of carbonyl (C=O) groups is 5. The number of thioether (sulfide) groups is 1.